The molecule has 0 spiro atoms. The van der Waals surface area contributed by atoms with Crippen LogP contribution in [-0.2, 0) is 34.9 Å². The number of halogens is 1. The summed E-state index contributed by atoms with van der Waals surface area (Å²) >= 11 is 11.3. The lowest BCUT2D eigenvalue weighted by Gasteiger charge is -2.01. The minimum atomic E-state index is -0.654. The highest BCUT2D eigenvalue weighted by molar-refractivity contribution is 14.1. The maximum atomic E-state index is 4.84. The predicted molar refractivity (Wildman–Crippen MR) is 46.9 cm³/mol. The Morgan fingerprint density at radius 2 is 2.14 bits per heavy atom. The fourth-order valence-electron chi connectivity index (χ4n) is 0.0995. The molecule has 0 amide bonds. The van der Waals surface area contributed by atoms with Gasteiger partial charge in [0.05, 0.1) is 0 Å². The van der Waals surface area contributed by atoms with Gasteiger partial charge in [0.15, 0.2) is 0 Å². The van der Waals surface area contributed by atoms with Crippen molar-refractivity contribution in [3.8, 4) is 0 Å². The third kappa shape index (κ3) is 7.48. The van der Waals surface area contributed by atoms with Gasteiger partial charge in [-0.25, -0.2) is 30.7 Å². The lowest BCUT2D eigenvalue weighted by atomic mass is 10.9. The van der Waals surface area contributed by atoms with Crippen LogP contribution >= 0.6 is 22.6 Å². The molecule has 0 atom stereocenters. The molecule has 5 heteroatoms. The highest BCUT2D eigenvalue weighted by Gasteiger charge is 1.67. The van der Waals surface area contributed by atoms with Crippen LogP contribution in [0.2, 0.25) is 0 Å². The van der Waals surface area contributed by atoms with Crippen molar-refractivity contribution < 1.29 is 4.18 Å². The van der Waals surface area contributed by atoms with E-state index in [1.54, 1.807) is 0 Å². The molecule has 0 heterocycles. The van der Waals surface area contributed by atoms with E-state index in [-0.39, 0.29) is 0 Å². The molecule has 0 aromatic rings. The standard InChI is InChI=1S/C2H4IOS3/c3-1-2-4-7(5)6/h1-2H2/q-1. The first-order chi connectivity index (χ1) is 3.27. The van der Waals surface area contributed by atoms with E-state index in [0.29, 0.717) is 6.61 Å². The van der Waals surface area contributed by atoms with E-state index in [9.17, 15) is 0 Å². The molecule has 0 fully saturated rings. The molecule has 44 valence electrons. The first-order valence-corrected chi connectivity index (χ1v) is 6.08. The van der Waals surface area contributed by atoms with Crippen molar-refractivity contribution in [1.82, 2.24) is 0 Å². The van der Waals surface area contributed by atoms with Crippen molar-refractivity contribution in [2.45, 2.75) is 0 Å². The maximum Gasteiger partial charge on any atom is 0.0323 e. The molecule has 0 bridgehead atoms. The van der Waals surface area contributed by atoms with Crippen molar-refractivity contribution in [2.75, 3.05) is 11.0 Å². The lowest BCUT2D eigenvalue weighted by Crippen LogP contribution is -1.89. The Balaban J connectivity index is 2.98. The number of rotatable bonds is 3. The van der Waals surface area contributed by atoms with E-state index in [1.165, 1.54) is 0 Å². The molecule has 0 aliphatic rings. The van der Waals surface area contributed by atoms with Gasteiger partial charge in [-0.15, -0.1) is 0 Å². The van der Waals surface area contributed by atoms with Gasteiger partial charge in [0, 0.05) is 11.0 Å². The van der Waals surface area contributed by atoms with Crippen LogP contribution in [0.25, 0.3) is 0 Å². The molecular formula is C2H4IOS3-. The van der Waals surface area contributed by atoms with Gasteiger partial charge in [0.25, 0.3) is 0 Å². The van der Waals surface area contributed by atoms with E-state index in [4.69, 9.17) is 4.18 Å². The summed E-state index contributed by atoms with van der Waals surface area (Å²) in [6, 6.07) is 0. The van der Waals surface area contributed by atoms with Crippen LogP contribution in [0.15, 0.2) is 0 Å². The van der Waals surface area contributed by atoms with Crippen molar-refractivity contribution in [3.05, 3.63) is 0 Å². The van der Waals surface area contributed by atoms with Crippen LogP contribution in [0.1, 0.15) is 0 Å². The molecule has 0 aliphatic carbocycles. The van der Waals surface area contributed by atoms with Gasteiger partial charge in [-0.3, -0.25) is 0 Å². The van der Waals surface area contributed by atoms with Gasteiger partial charge in [0.1, 0.15) is 0 Å². The van der Waals surface area contributed by atoms with Crippen LogP contribution in [0.5, 0.6) is 0 Å². The monoisotopic (exact) mass is 267 g/mol. The lowest BCUT2D eigenvalue weighted by molar-refractivity contribution is 0.412. The Kier molecular flexibility index (Phi) is 6.80. The Morgan fingerprint density at radius 1 is 1.57 bits per heavy atom. The largest absolute Gasteiger partial charge is 0.466 e. The maximum absolute atomic E-state index is 4.84. The normalized spacial score (nSPS) is 10.0. The molecule has 1 nitrogen and oxygen atoms in total. The summed E-state index contributed by atoms with van der Waals surface area (Å²) in [4.78, 5) is 0. The first kappa shape index (κ1) is 8.48. The predicted octanol–water partition coefficient (Wildman–Crippen LogP) is 0.895. The average Bonchev–Trinajstić information content (AvgIpc) is 1.61. The Labute approximate surface area is 68.0 Å². The Hall–Kier alpha value is 1.48. The molecule has 0 rings (SSSR count). The topological polar surface area (TPSA) is 9.23 Å². The zero-order chi connectivity index (χ0) is 5.70. The summed E-state index contributed by atoms with van der Waals surface area (Å²) in [7, 11) is -0.654. The zero-order valence-electron chi connectivity index (χ0n) is 3.43. The van der Waals surface area contributed by atoms with Gasteiger partial charge < -0.3 is 4.18 Å². The molecule has 7 heavy (non-hydrogen) atoms. The Bertz CT molecular complexity index is 91.1. The molecule has 0 radical (unpaired) electrons. The molecule has 0 aromatic carbocycles. The van der Waals surface area contributed by atoms with E-state index in [2.05, 4.69) is 45.0 Å². The second kappa shape index (κ2) is 5.61. The molecule has 0 saturated carbocycles. The smallest absolute Gasteiger partial charge is 0.0323 e. The van der Waals surface area contributed by atoms with Crippen LogP contribution in [0.3, 0.4) is 0 Å². The fourth-order valence-corrected chi connectivity index (χ4v) is 1.25. The van der Waals surface area contributed by atoms with E-state index in [1.807, 2.05) is 0 Å². The van der Waals surface area contributed by atoms with Crippen molar-refractivity contribution in [3.63, 3.8) is 0 Å². The quantitative estimate of drug-likeness (QED) is 0.427. The van der Waals surface area contributed by atoms with Gasteiger partial charge in [0.2, 0.25) is 0 Å². The van der Waals surface area contributed by atoms with E-state index >= 15 is 0 Å². The highest BCUT2D eigenvalue weighted by atomic mass is 127. The summed E-state index contributed by atoms with van der Waals surface area (Å²) in [5.41, 5.74) is 0. The summed E-state index contributed by atoms with van der Waals surface area (Å²) in [6.07, 6.45) is 0. The highest BCUT2D eigenvalue weighted by Crippen LogP contribution is 1.81. The number of alkyl halides is 1. The number of hydrogen-bond acceptors (Lipinski definition) is 4. The minimum Gasteiger partial charge on any atom is -0.466 e. The second-order valence-corrected chi connectivity index (χ2v) is 4.89. The van der Waals surface area contributed by atoms with Crippen LogP contribution in [0, 0.1) is 0 Å². The number of hydrogen-bond donors (Lipinski definition) is 0. The second-order valence-electron chi connectivity index (χ2n) is 0.715. The molecule has 0 unspecified atom stereocenters. The summed E-state index contributed by atoms with van der Waals surface area (Å²) < 4.78 is 5.81. The van der Waals surface area contributed by atoms with E-state index in [0.717, 1.165) is 4.43 Å². The SMILES string of the molecule is S=[S-](=S)OCCI. The van der Waals surface area contributed by atoms with Gasteiger partial charge >= 0.3 is 0 Å². The third-order valence-electron chi connectivity index (χ3n) is 0.257. The first-order valence-electron chi connectivity index (χ1n) is 1.56. The summed E-state index contributed by atoms with van der Waals surface area (Å²) in [6.45, 7) is 0.691. The summed E-state index contributed by atoms with van der Waals surface area (Å²) in [5, 5.41) is 0. The molecule has 0 aliphatic heterocycles. The third-order valence-corrected chi connectivity index (χ3v) is 1.63. The fraction of sp³-hybridized carbons (Fsp3) is 1.00. The Morgan fingerprint density at radius 3 is 2.29 bits per heavy atom. The van der Waals surface area contributed by atoms with Crippen LogP contribution in [-0.4, -0.2) is 11.0 Å². The van der Waals surface area contributed by atoms with Gasteiger partial charge in [-0.05, 0) is 0 Å². The van der Waals surface area contributed by atoms with E-state index < -0.39 is 8.29 Å². The van der Waals surface area contributed by atoms with Crippen molar-refractivity contribution in [1.29, 1.82) is 0 Å². The van der Waals surface area contributed by atoms with Crippen molar-refractivity contribution >= 4 is 53.3 Å². The zero-order valence-corrected chi connectivity index (χ0v) is 8.03. The molecular weight excluding hydrogens is 263 g/mol. The average molecular weight is 267 g/mol. The summed E-state index contributed by atoms with van der Waals surface area (Å²) in [5.74, 6) is 0. The van der Waals surface area contributed by atoms with Crippen LogP contribution in [0.4, 0.5) is 0 Å². The van der Waals surface area contributed by atoms with Crippen molar-refractivity contribution in [2.24, 2.45) is 0 Å². The molecule has 0 N–H and O–H groups in total. The van der Waals surface area contributed by atoms with Gasteiger partial charge in [-0.2, -0.15) is 0 Å². The molecule has 0 aromatic heterocycles. The minimum absolute atomic E-state index is 0.654. The van der Waals surface area contributed by atoms with Crippen LogP contribution < -0.4 is 0 Å². The van der Waals surface area contributed by atoms with Gasteiger partial charge in [-0.1, -0.05) is 22.6 Å². The molecule has 0 saturated heterocycles.